The Morgan fingerprint density at radius 3 is 2.59 bits per heavy atom. The summed E-state index contributed by atoms with van der Waals surface area (Å²) >= 11 is 3.73. The molecule has 0 spiro atoms. The van der Waals surface area contributed by atoms with Gasteiger partial charge in [0.05, 0.1) is 14.5 Å². The van der Waals surface area contributed by atoms with E-state index in [2.05, 4.69) is 37.5 Å². The molecule has 146 valence electrons. The number of thioether (sulfide) groups is 1. The number of hydrogen-bond acceptors (Lipinski definition) is 7. The Hall–Kier alpha value is -1.36. The molecule has 0 N–H and O–H groups in total. The van der Waals surface area contributed by atoms with Crippen molar-refractivity contribution in [1.29, 1.82) is 0 Å². The van der Waals surface area contributed by atoms with Crippen molar-refractivity contribution in [1.82, 2.24) is 19.9 Å². The van der Waals surface area contributed by atoms with Crippen molar-refractivity contribution in [3.05, 3.63) is 16.0 Å². The zero-order chi connectivity index (χ0) is 19.6. The monoisotopic (exact) mass is 502 g/mol. The number of carbonyl (C=O) groups is 1. The van der Waals surface area contributed by atoms with Crippen LogP contribution in [0.4, 0.5) is 4.79 Å². The number of hydrogen-bond donors (Lipinski definition) is 0. The number of aromatic nitrogens is 3. The molecule has 0 aromatic carbocycles. The average Bonchev–Trinajstić information content (AvgIpc) is 2.63. The fourth-order valence-corrected chi connectivity index (χ4v) is 3.67. The van der Waals surface area contributed by atoms with Crippen LogP contribution in [0.3, 0.4) is 0 Å². The van der Waals surface area contributed by atoms with Gasteiger partial charge in [0, 0.05) is 38.3 Å². The van der Waals surface area contributed by atoms with Crippen LogP contribution in [-0.4, -0.2) is 57.0 Å². The highest BCUT2D eigenvalue weighted by molar-refractivity contribution is 14.1. The maximum atomic E-state index is 12.2. The van der Waals surface area contributed by atoms with Gasteiger partial charge in [0.15, 0.2) is 5.16 Å². The fourth-order valence-electron chi connectivity index (χ4n) is 2.78. The molecule has 1 aliphatic heterocycles. The molecule has 1 fully saturated rings. The summed E-state index contributed by atoms with van der Waals surface area (Å²) in [6.45, 7) is 6.83. The van der Waals surface area contributed by atoms with Crippen molar-refractivity contribution in [3.8, 4) is 5.88 Å². The molecule has 9 heteroatoms. The fraction of sp³-hybridized carbons (Fsp3) is 0.556. The summed E-state index contributed by atoms with van der Waals surface area (Å²) < 4.78 is 12.5. The normalized spacial score (nSPS) is 15.8. The second-order valence-electron chi connectivity index (χ2n) is 7.31. The lowest BCUT2D eigenvalue weighted by atomic mass is 10.1. The number of fused-ring (bicyclic) bond motifs is 1. The minimum atomic E-state index is -0.482. The van der Waals surface area contributed by atoms with E-state index in [-0.39, 0.29) is 12.2 Å². The molecule has 0 unspecified atom stereocenters. The highest BCUT2D eigenvalue weighted by Crippen LogP contribution is 2.29. The zero-order valence-corrected chi connectivity index (χ0v) is 18.8. The molecule has 7 nitrogen and oxygen atoms in total. The average molecular weight is 502 g/mol. The number of halogens is 1. The summed E-state index contributed by atoms with van der Waals surface area (Å²) in [6, 6.07) is 0. The molecular formula is C18H23IN4O3S. The van der Waals surface area contributed by atoms with Gasteiger partial charge in [-0.25, -0.2) is 19.7 Å². The first-order valence-corrected chi connectivity index (χ1v) is 11.1. The van der Waals surface area contributed by atoms with E-state index in [9.17, 15) is 4.79 Å². The number of rotatable bonds is 3. The molecule has 3 rings (SSSR count). The predicted molar refractivity (Wildman–Crippen MR) is 113 cm³/mol. The molecule has 27 heavy (non-hydrogen) atoms. The Bertz CT molecular complexity index is 835. The Morgan fingerprint density at radius 2 is 1.96 bits per heavy atom. The molecule has 0 bridgehead atoms. The minimum Gasteiger partial charge on any atom is -0.474 e. The first-order valence-electron chi connectivity index (χ1n) is 8.76. The summed E-state index contributed by atoms with van der Waals surface area (Å²) in [7, 11) is 0. The molecule has 1 aliphatic rings. The van der Waals surface area contributed by atoms with E-state index < -0.39 is 5.60 Å². The van der Waals surface area contributed by atoms with Crippen molar-refractivity contribution in [2.45, 2.75) is 50.5 Å². The Labute approximate surface area is 176 Å². The first kappa shape index (κ1) is 20.4. The lowest BCUT2D eigenvalue weighted by Crippen LogP contribution is -2.44. The van der Waals surface area contributed by atoms with E-state index in [0.717, 1.165) is 32.5 Å². The zero-order valence-electron chi connectivity index (χ0n) is 15.9. The maximum absolute atomic E-state index is 12.2. The SMILES string of the molecule is CSc1ncc2c(OC3CCN(C(=O)OC(C)(C)C)CC3)ncc(I)c2n1. The quantitative estimate of drug-likeness (QED) is 0.355. The van der Waals surface area contributed by atoms with E-state index >= 15 is 0 Å². The number of ether oxygens (including phenoxy) is 2. The van der Waals surface area contributed by atoms with Gasteiger partial charge in [0.25, 0.3) is 0 Å². The number of likely N-dealkylation sites (tertiary alicyclic amines) is 1. The lowest BCUT2D eigenvalue weighted by Gasteiger charge is -2.33. The molecule has 0 aliphatic carbocycles. The van der Waals surface area contributed by atoms with Gasteiger partial charge in [0.2, 0.25) is 5.88 Å². The summed E-state index contributed by atoms with van der Waals surface area (Å²) in [4.78, 5) is 27.3. The summed E-state index contributed by atoms with van der Waals surface area (Å²) in [6.07, 6.45) is 6.69. The van der Waals surface area contributed by atoms with Crippen molar-refractivity contribution in [2.75, 3.05) is 19.3 Å². The van der Waals surface area contributed by atoms with Crippen LogP contribution in [0.5, 0.6) is 5.88 Å². The number of nitrogens with zero attached hydrogens (tertiary/aromatic N) is 4. The molecule has 0 saturated carbocycles. The number of pyridine rings is 1. The summed E-state index contributed by atoms with van der Waals surface area (Å²) in [5, 5.41) is 1.54. The van der Waals surface area contributed by atoms with Gasteiger partial charge in [-0.3, -0.25) is 0 Å². The first-order chi connectivity index (χ1) is 12.8. The third kappa shape index (κ3) is 5.13. The van der Waals surface area contributed by atoms with Crippen LogP contribution >= 0.6 is 34.4 Å². The second-order valence-corrected chi connectivity index (χ2v) is 9.25. The van der Waals surface area contributed by atoms with Gasteiger partial charge in [-0.1, -0.05) is 11.8 Å². The molecule has 3 heterocycles. The molecule has 1 amide bonds. The predicted octanol–water partition coefficient (Wildman–Crippen LogP) is 4.13. The van der Waals surface area contributed by atoms with Gasteiger partial charge >= 0.3 is 6.09 Å². The van der Waals surface area contributed by atoms with Gasteiger partial charge in [-0.05, 0) is 49.6 Å². The maximum Gasteiger partial charge on any atom is 0.410 e. The third-order valence-corrected chi connectivity index (χ3v) is 5.42. The highest BCUT2D eigenvalue weighted by atomic mass is 127. The van der Waals surface area contributed by atoms with E-state index in [1.54, 1.807) is 17.3 Å². The number of piperidine rings is 1. The van der Waals surface area contributed by atoms with E-state index in [0.29, 0.717) is 19.0 Å². The highest BCUT2D eigenvalue weighted by Gasteiger charge is 2.28. The minimum absolute atomic E-state index is 0.000301. The van der Waals surface area contributed by atoms with Crippen molar-refractivity contribution >= 4 is 51.3 Å². The van der Waals surface area contributed by atoms with E-state index in [1.165, 1.54) is 11.8 Å². The Morgan fingerprint density at radius 1 is 1.26 bits per heavy atom. The van der Waals surface area contributed by atoms with Gasteiger partial charge in [-0.15, -0.1) is 0 Å². The number of amides is 1. The standard InChI is InChI=1S/C18H23IN4O3S/c1-18(2,3)26-17(24)23-7-5-11(6-8-23)25-15-12-9-21-16(27-4)22-14(12)13(19)10-20-15/h9-11H,5-8H2,1-4H3. The van der Waals surface area contributed by atoms with Gasteiger partial charge in [-0.2, -0.15) is 0 Å². The summed E-state index contributed by atoms with van der Waals surface area (Å²) in [5.74, 6) is 0.550. The van der Waals surface area contributed by atoms with E-state index in [1.807, 2.05) is 27.0 Å². The van der Waals surface area contributed by atoms with Crippen molar-refractivity contribution < 1.29 is 14.3 Å². The van der Waals surface area contributed by atoms with E-state index in [4.69, 9.17) is 9.47 Å². The van der Waals surface area contributed by atoms with Gasteiger partial charge < -0.3 is 14.4 Å². The van der Waals surface area contributed by atoms with Crippen LogP contribution in [0.15, 0.2) is 17.6 Å². The second kappa shape index (κ2) is 8.34. The molecule has 1 saturated heterocycles. The van der Waals surface area contributed by atoms with Crippen LogP contribution in [0, 0.1) is 3.57 Å². The molecular weight excluding hydrogens is 479 g/mol. The van der Waals surface area contributed by atoms with Crippen molar-refractivity contribution in [2.24, 2.45) is 0 Å². The topological polar surface area (TPSA) is 77.4 Å². The van der Waals surface area contributed by atoms with Crippen LogP contribution in [0.2, 0.25) is 0 Å². The number of carbonyl (C=O) groups excluding carboxylic acids is 1. The Balaban J connectivity index is 1.67. The largest absolute Gasteiger partial charge is 0.474 e. The molecule has 0 radical (unpaired) electrons. The van der Waals surface area contributed by atoms with Crippen LogP contribution in [0.1, 0.15) is 33.6 Å². The molecule has 0 atom stereocenters. The Kier molecular flexibility index (Phi) is 6.29. The van der Waals surface area contributed by atoms with Gasteiger partial charge in [0.1, 0.15) is 11.7 Å². The van der Waals surface area contributed by atoms with Crippen molar-refractivity contribution in [3.63, 3.8) is 0 Å². The molecule has 2 aromatic heterocycles. The van der Waals surface area contributed by atoms with Crippen LogP contribution in [-0.2, 0) is 4.74 Å². The van der Waals surface area contributed by atoms with Crippen LogP contribution < -0.4 is 4.74 Å². The lowest BCUT2D eigenvalue weighted by molar-refractivity contribution is 0.0124. The van der Waals surface area contributed by atoms with Crippen LogP contribution in [0.25, 0.3) is 10.9 Å². The summed E-state index contributed by atoms with van der Waals surface area (Å²) in [5.41, 5.74) is 0.371. The third-order valence-electron chi connectivity index (χ3n) is 4.07. The smallest absolute Gasteiger partial charge is 0.410 e. The molecule has 2 aromatic rings.